The number of benzene rings is 2. The molecule has 0 bridgehead atoms. The van der Waals surface area contributed by atoms with Crippen molar-refractivity contribution in [3.05, 3.63) is 95.8 Å². The summed E-state index contributed by atoms with van der Waals surface area (Å²) in [6.07, 6.45) is 3.48. The summed E-state index contributed by atoms with van der Waals surface area (Å²) in [5, 5.41) is 5.38. The molecule has 0 radical (unpaired) electrons. The molecule has 0 N–H and O–H groups in total. The molecule has 156 valence electrons. The minimum Gasteiger partial charge on any atom is -0.329 e. The van der Waals surface area contributed by atoms with E-state index in [0.29, 0.717) is 18.7 Å². The summed E-state index contributed by atoms with van der Waals surface area (Å²) in [7, 11) is 2.10. The molecule has 1 saturated heterocycles. The van der Waals surface area contributed by atoms with Crippen molar-refractivity contribution in [1.29, 1.82) is 0 Å². The number of hydrogen-bond acceptors (Lipinski definition) is 4. The van der Waals surface area contributed by atoms with Gasteiger partial charge in [-0.15, -0.1) is 0 Å². The second-order valence-electron chi connectivity index (χ2n) is 8.11. The van der Waals surface area contributed by atoms with Crippen LogP contribution in [0.1, 0.15) is 27.5 Å². The standard InChI is InChI=1S/C25H25N5O/c1-28-12-13-29(23(18-28)20-10-6-3-7-11-20)25(31)22-14-21-16-27-30(24(21)26-15-22)17-19-8-4-2-5-9-19/h2-11,14-16,23H,12-13,17-18H2,1H3/t23-/m0/s1. The minimum absolute atomic E-state index is 0.0205. The molecule has 1 fully saturated rings. The molecule has 5 rings (SSSR count). The molecule has 6 heteroatoms. The summed E-state index contributed by atoms with van der Waals surface area (Å²) in [6.45, 7) is 3.03. The van der Waals surface area contributed by atoms with E-state index in [4.69, 9.17) is 0 Å². The molecule has 0 saturated carbocycles. The summed E-state index contributed by atoms with van der Waals surface area (Å²) >= 11 is 0. The highest BCUT2D eigenvalue weighted by atomic mass is 16.2. The normalized spacial score (nSPS) is 17.2. The number of piperazine rings is 1. The predicted octanol–water partition coefficient (Wildman–Crippen LogP) is 3.61. The number of pyridine rings is 1. The molecule has 0 unspecified atom stereocenters. The zero-order chi connectivity index (χ0) is 21.2. The summed E-state index contributed by atoms with van der Waals surface area (Å²) in [4.78, 5) is 22.3. The average Bonchev–Trinajstić information content (AvgIpc) is 3.22. The van der Waals surface area contributed by atoms with E-state index in [1.165, 1.54) is 0 Å². The molecule has 0 spiro atoms. The van der Waals surface area contributed by atoms with Gasteiger partial charge >= 0.3 is 0 Å². The molecule has 2 aromatic carbocycles. The molecule has 6 nitrogen and oxygen atoms in total. The van der Waals surface area contributed by atoms with Crippen LogP contribution in [0.25, 0.3) is 11.0 Å². The number of amides is 1. The smallest absolute Gasteiger partial charge is 0.256 e. The van der Waals surface area contributed by atoms with Crippen molar-refractivity contribution in [2.45, 2.75) is 12.6 Å². The Morgan fingerprint density at radius 2 is 1.74 bits per heavy atom. The molecule has 0 aliphatic carbocycles. The Hall–Kier alpha value is -3.51. The van der Waals surface area contributed by atoms with Crippen molar-refractivity contribution < 1.29 is 4.79 Å². The number of nitrogens with zero attached hydrogens (tertiary/aromatic N) is 5. The van der Waals surface area contributed by atoms with Gasteiger partial charge in [-0.3, -0.25) is 4.79 Å². The van der Waals surface area contributed by atoms with Crippen LogP contribution < -0.4 is 0 Å². The maximum atomic E-state index is 13.5. The molecular weight excluding hydrogens is 386 g/mol. The van der Waals surface area contributed by atoms with Crippen LogP contribution >= 0.6 is 0 Å². The second-order valence-corrected chi connectivity index (χ2v) is 8.11. The highest BCUT2D eigenvalue weighted by Crippen LogP contribution is 2.27. The second kappa shape index (κ2) is 8.32. The van der Waals surface area contributed by atoms with Crippen LogP contribution in [0.15, 0.2) is 79.1 Å². The lowest BCUT2D eigenvalue weighted by atomic mass is 10.0. The fourth-order valence-corrected chi connectivity index (χ4v) is 4.25. The van der Waals surface area contributed by atoms with Gasteiger partial charge in [-0.1, -0.05) is 60.7 Å². The number of aromatic nitrogens is 3. The van der Waals surface area contributed by atoms with Crippen LogP contribution in [0.4, 0.5) is 0 Å². The Bertz CT molecular complexity index is 1190. The monoisotopic (exact) mass is 411 g/mol. The Morgan fingerprint density at radius 3 is 2.52 bits per heavy atom. The van der Waals surface area contributed by atoms with Crippen molar-refractivity contribution in [2.75, 3.05) is 26.7 Å². The SMILES string of the molecule is CN1CCN(C(=O)c2cnc3c(cnn3Cc3ccccc3)c2)[C@H](c2ccccc2)C1. The van der Waals surface area contributed by atoms with Crippen molar-refractivity contribution in [3.8, 4) is 0 Å². The van der Waals surface area contributed by atoms with Gasteiger partial charge in [0.15, 0.2) is 5.65 Å². The molecule has 1 aliphatic heterocycles. The van der Waals surface area contributed by atoms with E-state index >= 15 is 0 Å². The lowest BCUT2D eigenvalue weighted by molar-refractivity contribution is 0.0498. The first-order valence-corrected chi connectivity index (χ1v) is 10.6. The van der Waals surface area contributed by atoms with Crippen LogP contribution in [-0.4, -0.2) is 57.2 Å². The van der Waals surface area contributed by atoms with Gasteiger partial charge in [-0.25, -0.2) is 9.67 Å². The van der Waals surface area contributed by atoms with E-state index in [2.05, 4.69) is 46.3 Å². The van der Waals surface area contributed by atoms with Gasteiger partial charge in [0.2, 0.25) is 0 Å². The molecule has 3 heterocycles. The first-order valence-electron chi connectivity index (χ1n) is 10.6. The van der Waals surface area contributed by atoms with Gasteiger partial charge in [-0.05, 0) is 24.2 Å². The maximum absolute atomic E-state index is 13.5. The third kappa shape index (κ3) is 3.94. The lowest BCUT2D eigenvalue weighted by Gasteiger charge is -2.40. The summed E-state index contributed by atoms with van der Waals surface area (Å²) < 4.78 is 1.88. The molecule has 1 amide bonds. The lowest BCUT2D eigenvalue weighted by Crippen LogP contribution is -2.49. The Kier molecular flexibility index (Phi) is 5.22. The van der Waals surface area contributed by atoms with Gasteiger partial charge < -0.3 is 9.80 Å². The minimum atomic E-state index is 0.0205. The molecule has 2 aromatic heterocycles. The van der Waals surface area contributed by atoms with E-state index in [1.807, 2.05) is 52.0 Å². The van der Waals surface area contributed by atoms with Crippen LogP contribution in [0.2, 0.25) is 0 Å². The fraction of sp³-hybridized carbons (Fsp3) is 0.240. The van der Waals surface area contributed by atoms with E-state index in [-0.39, 0.29) is 11.9 Å². The largest absolute Gasteiger partial charge is 0.329 e. The zero-order valence-electron chi connectivity index (χ0n) is 17.6. The summed E-state index contributed by atoms with van der Waals surface area (Å²) in [5.41, 5.74) is 3.72. The zero-order valence-corrected chi connectivity index (χ0v) is 17.6. The third-order valence-corrected chi connectivity index (χ3v) is 5.93. The van der Waals surface area contributed by atoms with Gasteiger partial charge in [0, 0.05) is 31.2 Å². The van der Waals surface area contributed by atoms with Crippen LogP contribution in [0, 0.1) is 0 Å². The third-order valence-electron chi connectivity index (χ3n) is 5.93. The Balaban J connectivity index is 1.42. The van der Waals surface area contributed by atoms with Crippen LogP contribution in [0.3, 0.4) is 0 Å². The van der Waals surface area contributed by atoms with Crippen molar-refractivity contribution in [1.82, 2.24) is 24.6 Å². The Morgan fingerprint density at radius 1 is 1.00 bits per heavy atom. The highest BCUT2D eigenvalue weighted by molar-refractivity contribution is 5.97. The van der Waals surface area contributed by atoms with Gasteiger partial charge in [0.1, 0.15) is 0 Å². The Labute approximate surface area is 181 Å². The van der Waals surface area contributed by atoms with Crippen molar-refractivity contribution in [3.63, 3.8) is 0 Å². The quantitative estimate of drug-likeness (QED) is 0.515. The topological polar surface area (TPSA) is 54.3 Å². The molecule has 31 heavy (non-hydrogen) atoms. The van der Waals surface area contributed by atoms with Crippen molar-refractivity contribution >= 4 is 16.9 Å². The number of likely N-dealkylation sites (N-methyl/N-ethyl adjacent to an activating group) is 1. The average molecular weight is 412 g/mol. The predicted molar refractivity (Wildman–Crippen MR) is 121 cm³/mol. The van der Waals surface area contributed by atoms with Gasteiger partial charge in [0.05, 0.1) is 24.3 Å². The number of carbonyl (C=O) groups excluding carboxylic acids is 1. The van der Waals surface area contributed by atoms with E-state index in [1.54, 1.807) is 12.4 Å². The number of carbonyl (C=O) groups is 1. The molecule has 4 aromatic rings. The molecule has 1 atom stereocenters. The first kappa shape index (κ1) is 19.5. The first-order chi connectivity index (χ1) is 15.2. The van der Waals surface area contributed by atoms with Crippen LogP contribution in [0.5, 0.6) is 0 Å². The number of fused-ring (bicyclic) bond motifs is 1. The van der Waals surface area contributed by atoms with Gasteiger partial charge in [0.25, 0.3) is 5.91 Å². The summed E-state index contributed by atoms with van der Waals surface area (Å²) in [6, 6.07) is 22.4. The van der Waals surface area contributed by atoms with Crippen LogP contribution in [-0.2, 0) is 6.54 Å². The maximum Gasteiger partial charge on any atom is 0.256 e. The van der Waals surface area contributed by atoms with Gasteiger partial charge in [-0.2, -0.15) is 5.10 Å². The number of hydrogen-bond donors (Lipinski definition) is 0. The van der Waals surface area contributed by atoms with E-state index in [0.717, 1.165) is 35.2 Å². The van der Waals surface area contributed by atoms with E-state index in [9.17, 15) is 4.79 Å². The fourth-order valence-electron chi connectivity index (χ4n) is 4.25. The summed E-state index contributed by atoms with van der Waals surface area (Å²) in [5.74, 6) is 0.0205. The van der Waals surface area contributed by atoms with Crippen molar-refractivity contribution in [2.24, 2.45) is 0 Å². The highest BCUT2D eigenvalue weighted by Gasteiger charge is 2.31. The number of rotatable bonds is 4. The van der Waals surface area contributed by atoms with E-state index < -0.39 is 0 Å². The molecule has 1 aliphatic rings. The molecular formula is C25H25N5O.